The second-order valence-electron chi connectivity index (χ2n) is 4.61. The van der Waals surface area contributed by atoms with E-state index in [1.807, 2.05) is 43.3 Å². The first-order chi connectivity index (χ1) is 9.76. The van der Waals surface area contributed by atoms with Gasteiger partial charge in [0.25, 0.3) is 0 Å². The fourth-order valence-corrected chi connectivity index (χ4v) is 1.94. The maximum atomic E-state index is 10.6. The number of H-pyrrole nitrogens is 1. The largest absolute Gasteiger partial charge is 0.298 e. The highest BCUT2D eigenvalue weighted by Gasteiger charge is 2.07. The number of hydrogen-bond acceptors (Lipinski definition) is 3. The predicted octanol–water partition coefficient (Wildman–Crippen LogP) is 3.26. The van der Waals surface area contributed by atoms with Crippen LogP contribution in [-0.2, 0) is 0 Å². The van der Waals surface area contributed by atoms with Crippen LogP contribution in [0.4, 0.5) is 0 Å². The molecule has 20 heavy (non-hydrogen) atoms. The standard InChI is InChI=1S/C16H13N3O/c1-11-2-6-13(7-3-11)15-17-16(19-18-15)14-8-4-12(10-20)5-9-14/h2-10H,1H3,(H,17,18,19). The smallest absolute Gasteiger partial charge is 0.181 e. The number of aromatic amines is 1. The van der Waals surface area contributed by atoms with Crippen molar-refractivity contribution in [2.24, 2.45) is 0 Å². The van der Waals surface area contributed by atoms with Gasteiger partial charge in [0.1, 0.15) is 6.29 Å². The van der Waals surface area contributed by atoms with E-state index in [1.165, 1.54) is 5.56 Å². The molecule has 0 saturated heterocycles. The van der Waals surface area contributed by atoms with Gasteiger partial charge in [-0.15, -0.1) is 0 Å². The lowest BCUT2D eigenvalue weighted by molar-refractivity contribution is 0.112. The minimum atomic E-state index is 0.623. The Bertz CT molecular complexity index is 727. The zero-order chi connectivity index (χ0) is 13.9. The molecule has 0 unspecified atom stereocenters. The molecule has 0 aliphatic carbocycles. The van der Waals surface area contributed by atoms with Gasteiger partial charge in [0.15, 0.2) is 11.6 Å². The highest BCUT2D eigenvalue weighted by molar-refractivity contribution is 5.76. The number of benzene rings is 2. The minimum Gasteiger partial charge on any atom is -0.298 e. The third kappa shape index (κ3) is 2.36. The van der Waals surface area contributed by atoms with Crippen molar-refractivity contribution in [3.63, 3.8) is 0 Å². The van der Waals surface area contributed by atoms with Gasteiger partial charge in [0.2, 0.25) is 0 Å². The Hall–Kier alpha value is -2.75. The van der Waals surface area contributed by atoms with Crippen molar-refractivity contribution < 1.29 is 4.79 Å². The maximum Gasteiger partial charge on any atom is 0.181 e. The molecule has 1 aromatic heterocycles. The number of nitrogens with zero attached hydrogens (tertiary/aromatic N) is 2. The first kappa shape index (κ1) is 12.3. The van der Waals surface area contributed by atoms with E-state index in [0.717, 1.165) is 23.2 Å². The van der Waals surface area contributed by atoms with Crippen LogP contribution < -0.4 is 0 Å². The zero-order valence-electron chi connectivity index (χ0n) is 11.0. The summed E-state index contributed by atoms with van der Waals surface area (Å²) < 4.78 is 0. The number of aryl methyl sites for hydroxylation is 1. The lowest BCUT2D eigenvalue weighted by Gasteiger charge is -1.96. The molecular formula is C16H13N3O. The minimum absolute atomic E-state index is 0.623. The number of carbonyl (C=O) groups excluding carboxylic acids is 1. The van der Waals surface area contributed by atoms with Crippen LogP contribution in [0.3, 0.4) is 0 Å². The Morgan fingerprint density at radius 3 is 2.25 bits per heavy atom. The van der Waals surface area contributed by atoms with E-state index in [9.17, 15) is 4.79 Å². The summed E-state index contributed by atoms with van der Waals surface area (Å²) in [4.78, 5) is 15.1. The van der Waals surface area contributed by atoms with Gasteiger partial charge in [-0.05, 0) is 6.92 Å². The first-order valence-corrected chi connectivity index (χ1v) is 6.31. The molecule has 3 rings (SSSR count). The van der Waals surface area contributed by atoms with Crippen LogP contribution in [0.5, 0.6) is 0 Å². The van der Waals surface area contributed by atoms with Crippen molar-refractivity contribution in [2.45, 2.75) is 6.92 Å². The van der Waals surface area contributed by atoms with Gasteiger partial charge in [-0.2, -0.15) is 5.10 Å². The average Bonchev–Trinajstić information content (AvgIpc) is 2.98. The molecular weight excluding hydrogens is 250 g/mol. The van der Waals surface area contributed by atoms with Gasteiger partial charge in [-0.1, -0.05) is 54.1 Å². The van der Waals surface area contributed by atoms with Crippen LogP contribution in [-0.4, -0.2) is 21.5 Å². The summed E-state index contributed by atoms with van der Waals surface area (Å²) in [5, 5.41) is 7.15. The molecule has 1 heterocycles. The number of aromatic nitrogens is 3. The third-order valence-corrected chi connectivity index (χ3v) is 3.12. The van der Waals surface area contributed by atoms with Crippen molar-refractivity contribution in [3.05, 3.63) is 59.7 Å². The molecule has 0 radical (unpaired) electrons. The van der Waals surface area contributed by atoms with Crippen LogP contribution in [0.1, 0.15) is 15.9 Å². The lowest BCUT2D eigenvalue weighted by atomic mass is 10.1. The summed E-state index contributed by atoms with van der Waals surface area (Å²) in [6.45, 7) is 2.05. The van der Waals surface area contributed by atoms with E-state index < -0.39 is 0 Å². The Kier molecular flexibility index (Phi) is 3.13. The number of hydrogen-bond donors (Lipinski definition) is 1. The fourth-order valence-electron chi connectivity index (χ4n) is 1.94. The summed E-state index contributed by atoms with van der Waals surface area (Å²) in [6.07, 6.45) is 0.819. The van der Waals surface area contributed by atoms with Crippen molar-refractivity contribution in [2.75, 3.05) is 0 Å². The van der Waals surface area contributed by atoms with Gasteiger partial charge < -0.3 is 0 Å². The molecule has 4 heteroatoms. The molecule has 0 saturated carbocycles. The fraction of sp³-hybridized carbons (Fsp3) is 0.0625. The monoisotopic (exact) mass is 263 g/mol. The third-order valence-electron chi connectivity index (χ3n) is 3.12. The Balaban J connectivity index is 1.92. The molecule has 0 aliphatic rings. The van der Waals surface area contributed by atoms with Crippen LogP contribution in [0.15, 0.2) is 48.5 Å². The molecule has 0 amide bonds. The van der Waals surface area contributed by atoms with Gasteiger partial charge >= 0.3 is 0 Å². The van der Waals surface area contributed by atoms with Crippen LogP contribution in [0.2, 0.25) is 0 Å². The second-order valence-corrected chi connectivity index (χ2v) is 4.61. The van der Waals surface area contributed by atoms with Crippen LogP contribution in [0.25, 0.3) is 22.8 Å². The van der Waals surface area contributed by atoms with Gasteiger partial charge in [-0.3, -0.25) is 9.89 Å². The predicted molar refractivity (Wildman–Crippen MR) is 77.4 cm³/mol. The molecule has 0 aliphatic heterocycles. The van der Waals surface area contributed by atoms with Crippen LogP contribution >= 0.6 is 0 Å². The molecule has 1 N–H and O–H groups in total. The van der Waals surface area contributed by atoms with Gasteiger partial charge in [-0.25, -0.2) is 4.98 Å². The second kappa shape index (κ2) is 5.09. The zero-order valence-corrected chi connectivity index (χ0v) is 11.0. The molecule has 4 nitrogen and oxygen atoms in total. The van der Waals surface area contributed by atoms with E-state index in [0.29, 0.717) is 11.4 Å². The van der Waals surface area contributed by atoms with Crippen molar-refractivity contribution in [3.8, 4) is 22.8 Å². The maximum absolute atomic E-state index is 10.6. The van der Waals surface area contributed by atoms with E-state index in [-0.39, 0.29) is 0 Å². The van der Waals surface area contributed by atoms with Crippen molar-refractivity contribution in [1.82, 2.24) is 15.2 Å². The molecule has 0 spiro atoms. The van der Waals surface area contributed by atoms with E-state index >= 15 is 0 Å². The Morgan fingerprint density at radius 2 is 1.60 bits per heavy atom. The van der Waals surface area contributed by atoms with E-state index in [2.05, 4.69) is 15.2 Å². The quantitative estimate of drug-likeness (QED) is 0.738. The van der Waals surface area contributed by atoms with E-state index in [4.69, 9.17) is 0 Å². The molecule has 0 fully saturated rings. The summed E-state index contributed by atoms with van der Waals surface area (Å²) in [6, 6.07) is 15.3. The van der Waals surface area contributed by atoms with Gasteiger partial charge in [0, 0.05) is 16.7 Å². The summed E-state index contributed by atoms with van der Waals surface area (Å²) in [7, 11) is 0. The molecule has 3 aromatic rings. The summed E-state index contributed by atoms with van der Waals surface area (Å²) in [5.41, 5.74) is 3.73. The number of aldehydes is 1. The highest BCUT2D eigenvalue weighted by atomic mass is 16.1. The molecule has 98 valence electrons. The molecule has 2 aromatic carbocycles. The SMILES string of the molecule is Cc1ccc(-c2nc(-c3ccc(C=O)cc3)n[nH]2)cc1. The molecule has 0 atom stereocenters. The first-order valence-electron chi connectivity index (χ1n) is 6.31. The Morgan fingerprint density at radius 1 is 0.950 bits per heavy atom. The van der Waals surface area contributed by atoms with E-state index in [1.54, 1.807) is 12.1 Å². The number of carbonyl (C=O) groups is 1. The summed E-state index contributed by atoms with van der Waals surface area (Å²) in [5.74, 6) is 1.36. The Labute approximate surface area is 116 Å². The molecule has 0 bridgehead atoms. The average molecular weight is 263 g/mol. The highest BCUT2D eigenvalue weighted by Crippen LogP contribution is 2.20. The van der Waals surface area contributed by atoms with Crippen LogP contribution in [0, 0.1) is 6.92 Å². The normalized spacial score (nSPS) is 10.4. The topological polar surface area (TPSA) is 58.6 Å². The number of rotatable bonds is 3. The van der Waals surface area contributed by atoms with Crippen molar-refractivity contribution >= 4 is 6.29 Å². The number of nitrogens with one attached hydrogen (secondary N) is 1. The lowest BCUT2D eigenvalue weighted by Crippen LogP contribution is -1.83. The summed E-state index contributed by atoms with van der Waals surface area (Å²) >= 11 is 0. The van der Waals surface area contributed by atoms with Gasteiger partial charge in [0.05, 0.1) is 0 Å². The van der Waals surface area contributed by atoms with Crippen molar-refractivity contribution in [1.29, 1.82) is 0 Å².